The molecule has 1 radical (unpaired) electrons. The van der Waals surface area contributed by atoms with Crippen molar-refractivity contribution in [1.29, 1.82) is 0 Å². The Hall–Kier alpha value is 0.274. The zero-order chi connectivity index (χ0) is 29.2. The quantitative estimate of drug-likeness (QED) is 0.0310. The zero-order valence-corrected chi connectivity index (χ0v) is 31.4. The first kappa shape index (κ1) is 49.2. The number of hydrogen-bond donors (Lipinski definition) is 0. The average molecular weight is 699 g/mol. The summed E-state index contributed by atoms with van der Waals surface area (Å²) in [6.07, 6.45) is 18.2. The second kappa shape index (κ2) is 34.2. The van der Waals surface area contributed by atoms with Gasteiger partial charge in [-0.3, -0.25) is 9.59 Å². The monoisotopic (exact) mass is 698 g/mol. The molecule has 0 rings (SSSR count). The number of unbranched alkanes of at least 4 members (excludes halogenated alkanes) is 14. The van der Waals surface area contributed by atoms with Crippen molar-refractivity contribution < 1.29 is 75.7 Å². The Morgan fingerprint density at radius 1 is 0.762 bits per heavy atom. The fourth-order valence-electron chi connectivity index (χ4n) is 3.92. The van der Waals surface area contributed by atoms with Gasteiger partial charge in [0.05, 0.1) is 36.4 Å². The summed E-state index contributed by atoms with van der Waals surface area (Å²) in [6, 6.07) is 0. The molecular weight excluding hydrogens is 634 g/mol. The summed E-state index contributed by atoms with van der Waals surface area (Å²) in [5, 5.41) is 0. The number of carbonyl (C=O) groups is 2. The molecule has 0 fully saturated rings. The normalized spacial score (nSPS) is 12.3. The Morgan fingerprint density at radius 3 is 1.74 bits per heavy atom. The van der Waals surface area contributed by atoms with E-state index in [1.807, 2.05) is 21.1 Å². The molecule has 0 spiro atoms. The van der Waals surface area contributed by atoms with Crippen LogP contribution in [0.4, 0.5) is 0 Å². The fraction of sp³-hybridized carbons (Fsp3) is 0.871. The van der Waals surface area contributed by atoms with Crippen LogP contribution < -0.4 is 4.89 Å². The molecule has 2 unspecified atom stereocenters. The molecule has 0 aromatic heterocycles. The number of esters is 2. The average Bonchev–Trinajstić information content (AvgIpc) is 2.87. The molecule has 0 aliphatic carbocycles. The zero-order valence-electron chi connectivity index (χ0n) is 27.7. The summed E-state index contributed by atoms with van der Waals surface area (Å²) in [7, 11) is 3.67. The van der Waals surface area contributed by atoms with Crippen LogP contribution in [0.3, 0.4) is 0 Å². The molecule has 251 valence electrons. The van der Waals surface area contributed by atoms with Crippen LogP contribution >= 0.6 is 8.60 Å². The van der Waals surface area contributed by atoms with Crippen LogP contribution in [0.25, 0.3) is 0 Å². The van der Waals surface area contributed by atoms with Gasteiger partial charge in [-0.25, -0.2) is 0 Å². The van der Waals surface area contributed by atoms with Crippen LogP contribution in [-0.2, 0) is 60.8 Å². The predicted molar refractivity (Wildman–Crippen MR) is 167 cm³/mol. The van der Waals surface area contributed by atoms with Crippen molar-refractivity contribution in [3.05, 3.63) is 14.4 Å². The largest absolute Gasteiger partial charge is 0.786 e. The van der Waals surface area contributed by atoms with Crippen LogP contribution in [0.5, 0.6) is 0 Å². The second-order valence-electron chi connectivity index (χ2n) is 11.5. The van der Waals surface area contributed by atoms with E-state index in [1.54, 1.807) is 0 Å². The van der Waals surface area contributed by atoms with Crippen molar-refractivity contribution in [2.75, 3.05) is 47.5 Å². The molecule has 0 saturated carbocycles. The van der Waals surface area contributed by atoms with Crippen LogP contribution in [0.15, 0.2) is 0 Å². The summed E-state index contributed by atoms with van der Waals surface area (Å²) in [4.78, 5) is 36.4. The maximum atomic E-state index is 12.2. The molecule has 0 bridgehead atoms. The van der Waals surface area contributed by atoms with Crippen molar-refractivity contribution in [3.63, 3.8) is 0 Å². The van der Waals surface area contributed by atoms with Crippen LogP contribution in [0.1, 0.15) is 122 Å². The Labute approximate surface area is 285 Å². The molecule has 0 aromatic rings. The van der Waals surface area contributed by atoms with Gasteiger partial charge >= 0.3 is 11.9 Å². The Kier molecular flexibility index (Phi) is 40.0. The van der Waals surface area contributed by atoms with Gasteiger partial charge < -0.3 is 47.7 Å². The van der Waals surface area contributed by atoms with E-state index in [1.165, 1.54) is 64.2 Å². The Bertz CT molecular complexity index is 596. The van der Waals surface area contributed by atoms with E-state index in [0.717, 1.165) is 32.1 Å². The van der Waals surface area contributed by atoms with Gasteiger partial charge in [-0.1, -0.05) is 90.4 Å². The number of hydrogen-bond acceptors (Lipinski definition) is 7. The van der Waals surface area contributed by atoms with E-state index >= 15 is 0 Å². The Morgan fingerprint density at radius 2 is 1.24 bits per heavy atom. The molecule has 2 atom stereocenters. The summed E-state index contributed by atoms with van der Waals surface area (Å²) in [5.41, 5.74) is 0. The number of likely N-dealkylation sites (N-methyl/N-ethyl adjacent to an activating group) is 1. The molecule has 42 heavy (non-hydrogen) atoms. The van der Waals surface area contributed by atoms with E-state index in [4.69, 9.17) is 18.5 Å². The molecule has 0 aromatic carbocycles. The van der Waals surface area contributed by atoms with Crippen molar-refractivity contribution in [2.24, 2.45) is 0 Å². The van der Waals surface area contributed by atoms with Gasteiger partial charge in [0.25, 0.3) is 0 Å². The number of rotatable bonds is 28. The third kappa shape index (κ3) is 36.5. The van der Waals surface area contributed by atoms with Gasteiger partial charge in [-0.15, -0.1) is 0 Å². The third-order valence-corrected chi connectivity index (χ3v) is 7.17. The number of ether oxygens (including phenoxy) is 2. The first-order valence-electron chi connectivity index (χ1n) is 15.4. The minimum absolute atomic E-state index is 0. The minimum Gasteiger partial charge on any atom is -0.786 e. The standard InChI is InChI=1S/C30H59NO7P.CH3.H2O.Y/c1-6-8-10-11-12-13-14-15-16-17-18-19-21-22-29(32)35-26-28(38-30(33)23-20-9-7-2)27-37-39(34)36-25-24-31(3,4)5;;;/h28H,2,6-27H2,1,3-5H3;1H3;1H2;/q2*-1;;. The smallest absolute Gasteiger partial charge is 0.306 e. The first-order chi connectivity index (χ1) is 18.7. The molecule has 9 nitrogen and oxygen atoms in total. The predicted octanol–water partition coefficient (Wildman–Crippen LogP) is 6.27. The van der Waals surface area contributed by atoms with Crippen molar-refractivity contribution in [1.82, 2.24) is 0 Å². The van der Waals surface area contributed by atoms with E-state index in [-0.39, 0.29) is 77.8 Å². The van der Waals surface area contributed by atoms with Crippen LogP contribution in [-0.4, -0.2) is 75.5 Å². The summed E-state index contributed by atoms with van der Waals surface area (Å²) in [6.45, 7) is 6.69. The molecule has 0 aliphatic rings. The third-order valence-electron chi connectivity index (χ3n) is 6.42. The van der Waals surface area contributed by atoms with E-state index in [9.17, 15) is 14.5 Å². The summed E-state index contributed by atoms with van der Waals surface area (Å²) < 4.78 is 21.9. The Balaban J connectivity index is -0.00000241. The maximum Gasteiger partial charge on any atom is 0.306 e. The maximum absolute atomic E-state index is 12.2. The molecule has 0 aliphatic heterocycles. The summed E-state index contributed by atoms with van der Waals surface area (Å²) in [5.74, 6) is -0.717. The van der Waals surface area contributed by atoms with E-state index in [2.05, 4.69) is 13.8 Å². The minimum atomic E-state index is -2.36. The van der Waals surface area contributed by atoms with Gasteiger partial charge in [-0.05, 0) is 12.8 Å². The van der Waals surface area contributed by atoms with E-state index in [0.29, 0.717) is 23.9 Å². The van der Waals surface area contributed by atoms with Crippen molar-refractivity contribution in [3.8, 4) is 0 Å². The molecular formula is C31H64NO8PY-2. The number of nitrogens with zero attached hydrogens (tertiary/aromatic N) is 1. The van der Waals surface area contributed by atoms with Gasteiger partial charge in [0.2, 0.25) is 0 Å². The molecule has 11 heteroatoms. The SMILES string of the molecule is O.[CH2-]CCCCC(=O)OC(COC(=O)CCCCCCCCCCCCCCC)COP([O-])OCC[N+](C)(C)C.[CH3-].[Y]. The molecule has 0 saturated heterocycles. The molecule has 2 N–H and O–H groups in total. The van der Waals surface area contributed by atoms with Gasteiger partial charge in [0.1, 0.15) is 19.8 Å². The first-order valence-corrected chi connectivity index (χ1v) is 16.4. The summed E-state index contributed by atoms with van der Waals surface area (Å²) >= 11 is 0. The van der Waals surface area contributed by atoms with Crippen LogP contribution in [0, 0.1) is 14.4 Å². The van der Waals surface area contributed by atoms with Gasteiger partial charge in [-0.2, -0.15) is 6.42 Å². The van der Waals surface area contributed by atoms with Crippen LogP contribution in [0.2, 0.25) is 0 Å². The number of quaternary nitrogens is 1. The van der Waals surface area contributed by atoms with Gasteiger partial charge in [0, 0.05) is 45.6 Å². The number of carbonyl (C=O) groups excluding carboxylic acids is 2. The second-order valence-corrected chi connectivity index (χ2v) is 12.4. The van der Waals surface area contributed by atoms with E-state index < -0.39 is 20.7 Å². The van der Waals surface area contributed by atoms with Gasteiger partial charge in [0.15, 0.2) is 6.10 Å². The van der Waals surface area contributed by atoms with Crippen molar-refractivity contribution in [2.45, 2.75) is 129 Å². The van der Waals surface area contributed by atoms with Crippen molar-refractivity contribution >= 4 is 20.5 Å². The molecule has 0 amide bonds. The molecule has 0 heterocycles. The topological polar surface area (TPSA) is 126 Å². The fourth-order valence-corrected chi connectivity index (χ4v) is 4.52.